The van der Waals surface area contributed by atoms with Crippen LogP contribution in [0.4, 0.5) is 5.69 Å². The Morgan fingerprint density at radius 3 is 2.62 bits per heavy atom. The average molecular weight is 380 g/mol. The van der Waals surface area contributed by atoms with Crippen molar-refractivity contribution in [2.45, 2.75) is 20.3 Å². The number of anilines is 1. The molecule has 26 heavy (non-hydrogen) atoms. The molecule has 4 nitrogen and oxygen atoms in total. The highest BCUT2D eigenvalue weighted by Crippen LogP contribution is 2.31. The molecule has 0 aliphatic rings. The normalized spacial score (nSPS) is 11.0. The van der Waals surface area contributed by atoms with Gasteiger partial charge in [-0.25, -0.2) is 9.97 Å². The second-order valence-electron chi connectivity index (χ2n) is 6.15. The Morgan fingerprint density at radius 1 is 1.08 bits per heavy atom. The summed E-state index contributed by atoms with van der Waals surface area (Å²) >= 11 is 3.24. The van der Waals surface area contributed by atoms with Gasteiger partial charge in [-0.15, -0.1) is 22.7 Å². The number of carbonyl (C=O) groups excluding carboxylic acids is 1. The average Bonchev–Trinajstić information content (AvgIpc) is 3.21. The predicted octanol–water partition coefficient (Wildman–Crippen LogP) is 5.22. The molecule has 2 aromatic heterocycles. The Bertz CT molecular complexity index is 1080. The molecule has 0 unspecified atom stereocenters. The summed E-state index contributed by atoms with van der Waals surface area (Å²) in [5.41, 5.74) is 4.90. The summed E-state index contributed by atoms with van der Waals surface area (Å²) in [4.78, 5) is 21.2. The number of thiazole rings is 2. The van der Waals surface area contributed by atoms with Crippen LogP contribution in [0.15, 0.2) is 47.8 Å². The Labute approximate surface area is 159 Å². The summed E-state index contributed by atoms with van der Waals surface area (Å²) in [5.74, 6) is -0.0569. The first kappa shape index (κ1) is 16.9. The largest absolute Gasteiger partial charge is 0.326 e. The van der Waals surface area contributed by atoms with Crippen molar-refractivity contribution in [2.24, 2.45) is 0 Å². The maximum atomic E-state index is 12.1. The number of hydrogen-bond acceptors (Lipinski definition) is 5. The molecule has 0 bridgehead atoms. The van der Waals surface area contributed by atoms with Crippen LogP contribution >= 0.6 is 22.7 Å². The van der Waals surface area contributed by atoms with Gasteiger partial charge in [-0.1, -0.05) is 6.07 Å². The summed E-state index contributed by atoms with van der Waals surface area (Å²) < 4.78 is 1.19. The molecule has 0 saturated heterocycles. The lowest BCUT2D eigenvalue weighted by Gasteiger charge is -2.05. The van der Waals surface area contributed by atoms with Crippen molar-refractivity contribution in [1.29, 1.82) is 0 Å². The number of rotatable bonds is 4. The topological polar surface area (TPSA) is 54.9 Å². The number of hydrogen-bond donors (Lipinski definition) is 1. The number of aromatic nitrogens is 2. The van der Waals surface area contributed by atoms with Gasteiger partial charge in [0.1, 0.15) is 5.01 Å². The molecule has 130 valence electrons. The van der Waals surface area contributed by atoms with E-state index < -0.39 is 0 Å². The quantitative estimate of drug-likeness (QED) is 0.529. The Balaban J connectivity index is 1.48. The maximum Gasteiger partial charge on any atom is 0.230 e. The van der Waals surface area contributed by atoms with Crippen molar-refractivity contribution in [2.75, 3.05) is 5.32 Å². The molecule has 0 aliphatic carbocycles. The SMILES string of the molecule is Cc1ccc2nc(-c3ccc(NC(=O)Cc4csc(C)n4)cc3)sc2c1. The third-order valence-electron chi connectivity index (χ3n) is 3.97. The molecule has 0 saturated carbocycles. The van der Waals surface area contributed by atoms with Gasteiger partial charge in [-0.2, -0.15) is 0 Å². The van der Waals surface area contributed by atoms with Crippen LogP contribution in [0.3, 0.4) is 0 Å². The lowest BCUT2D eigenvalue weighted by atomic mass is 10.2. The van der Waals surface area contributed by atoms with Crippen LogP contribution in [0, 0.1) is 13.8 Å². The van der Waals surface area contributed by atoms with Gasteiger partial charge in [-0.3, -0.25) is 4.79 Å². The summed E-state index contributed by atoms with van der Waals surface area (Å²) in [6, 6.07) is 14.1. The number of aryl methyl sites for hydroxylation is 2. The van der Waals surface area contributed by atoms with E-state index in [4.69, 9.17) is 4.98 Å². The highest BCUT2D eigenvalue weighted by molar-refractivity contribution is 7.21. The Morgan fingerprint density at radius 2 is 1.88 bits per heavy atom. The van der Waals surface area contributed by atoms with E-state index >= 15 is 0 Å². The van der Waals surface area contributed by atoms with Crippen molar-refractivity contribution >= 4 is 44.5 Å². The number of nitrogens with zero attached hydrogens (tertiary/aromatic N) is 2. The van der Waals surface area contributed by atoms with E-state index in [9.17, 15) is 4.79 Å². The molecule has 0 spiro atoms. The molecule has 0 fully saturated rings. The van der Waals surface area contributed by atoms with E-state index in [1.807, 2.05) is 36.6 Å². The third-order valence-corrected chi connectivity index (χ3v) is 5.86. The molecule has 6 heteroatoms. The van der Waals surface area contributed by atoms with Crippen LogP contribution in [0.1, 0.15) is 16.3 Å². The fraction of sp³-hybridized carbons (Fsp3) is 0.150. The van der Waals surface area contributed by atoms with Gasteiger partial charge in [0.25, 0.3) is 0 Å². The van der Waals surface area contributed by atoms with E-state index in [0.29, 0.717) is 6.42 Å². The molecule has 1 amide bonds. The summed E-state index contributed by atoms with van der Waals surface area (Å²) in [6.45, 7) is 4.03. The minimum atomic E-state index is -0.0569. The maximum absolute atomic E-state index is 12.1. The van der Waals surface area contributed by atoms with Crippen molar-refractivity contribution in [3.05, 3.63) is 64.1 Å². The monoisotopic (exact) mass is 379 g/mol. The molecule has 1 N–H and O–H groups in total. The predicted molar refractivity (Wildman–Crippen MR) is 109 cm³/mol. The first-order valence-corrected chi connectivity index (χ1v) is 9.95. The molecule has 0 atom stereocenters. The highest BCUT2D eigenvalue weighted by Gasteiger charge is 2.09. The lowest BCUT2D eigenvalue weighted by molar-refractivity contribution is -0.115. The van der Waals surface area contributed by atoms with Crippen molar-refractivity contribution in [1.82, 2.24) is 9.97 Å². The van der Waals surface area contributed by atoms with Crippen molar-refractivity contribution in [3.8, 4) is 10.6 Å². The minimum absolute atomic E-state index is 0.0569. The van der Waals surface area contributed by atoms with E-state index in [1.54, 1.807) is 22.7 Å². The first-order chi connectivity index (χ1) is 12.6. The van der Waals surface area contributed by atoms with Crippen LogP contribution in [0.2, 0.25) is 0 Å². The van der Waals surface area contributed by atoms with Crippen LogP contribution in [0.5, 0.6) is 0 Å². The fourth-order valence-electron chi connectivity index (χ4n) is 2.71. The standard InChI is InChI=1S/C20H17N3OS2/c1-12-3-8-17-18(9-12)26-20(23-17)14-4-6-15(7-5-14)22-19(24)10-16-11-25-13(2)21-16/h3-9,11H,10H2,1-2H3,(H,22,24). The molecule has 4 aromatic rings. The summed E-state index contributed by atoms with van der Waals surface area (Å²) in [5, 5.41) is 6.81. The number of amides is 1. The minimum Gasteiger partial charge on any atom is -0.326 e. The zero-order chi connectivity index (χ0) is 18.1. The number of nitrogens with one attached hydrogen (secondary N) is 1. The molecular weight excluding hydrogens is 362 g/mol. The molecule has 2 heterocycles. The second-order valence-corrected chi connectivity index (χ2v) is 8.24. The van der Waals surface area contributed by atoms with E-state index in [1.165, 1.54) is 10.3 Å². The number of benzene rings is 2. The summed E-state index contributed by atoms with van der Waals surface area (Å²) in [7, 11) is 0. The summed E-state index contributed by atoms with van der Waals surface area (Å²) in [6.07, 6.45) is 0.295. The smallest absolute Gasteiger partial charge is 0.230 e. The third kappa shape index (κ3) is 3.66. The van der Waals surface area contributed by atoms with E-state index in [0.717, 1.165) is 32.5 Å². The Kier molecular flexibility index (Phi) is 4.53. The van der Waals surface area contributed by atoms with Crippen LogP contribution in [-0.2, 0) is 11.2 Å². The molecule has 4 rings (SSSR count). The van der Waals surface area contributed by atoms with E-state index in [-0.39, 0.29) is 5.91 Å². The Hall–Kier alpha value is -2.57. The molecule has 2 aromatic carbocycles. The van der Waals surface area contributed by atoms with Crippen LogP contribution in [-0.4, -0.2) is 15.9 Å². The molecule has 0 aliphatic heterocycles. The van der Waals surface area contributed by atoms with Crippen LogP contribution in [0.25, 0.3) is 20.8 Å². The highest BCUT2D eigenvalue weighted by atomic mass is 32.1. The van der Waals surface area contributed by atoms with Gasteiger partial charge in [0.2, 0.25) is 5.91 Å². The molecule has 0 radical (unpaired) electrons. The zero-order valence-electron chi connectivity index (χ0n) is 14.4. The van der Waals surface area contributed by atoms with Gasteiger partial charge in [0.15, 0.2) is 0 Å². The van der Waals surface area contributed by atoms with Gasteiger partial charge in [0.05, 0.1) is 27.3 Å². The lowest BCUT2D eigenvalue weighted by Crippen LogP contribution is -2.14. The van der Waals surface area contributed by atoms with Gasteiger partial charge < -0.3 is 5.32 Å². The van der Waals surface area contributed by atoms with E-state index in [2.05, 4.69) is 35.4 Å². The van der Waals surface area contributed by atoms with Gasteiger partial charge in [-0.05, 0) is 55.8 Å². The first-order valence-electron chi connectivity index (χ1n) is 8.25. The fourth-order valence-corrected chi connectivity index (χ4v) is 4.39. The number of carbonyl (C=O) groups is 1. The molecular formula is C20H17N3OS2. The van der Waals surface area contributed by atoms with Gasteiger partial charge >= 0.3 is 0 Å². The van der Waals surface area contributed by atoms with Crippen LogP contribution < -0.4 is 5.32 Å². The van der Waals surface area contributed by atoms with Crippen molar-refractivity contribution in [3.63, 3.8) is 0 Å². The number of fused-ring (bicyclic) bond motifs is 1. The second kappa shape index (κ2) is 6.97. The van der Waals surface area contributed by atoms with Gasteiger partial charge in [0, 0.05) is 16.6 Å². The van der Waals surface area contributed by atoms with Crippen molar-refractivity contribution < 1.29 is 4.79 Å². The zero-order valence-corrected chi connectivity index (χ0v) is 16.1.